The molecule has 0 saturated carbocycles. The Labute approximate surface area is 144 Å². The Hall–Kier alpha value is -3.22. The number of aryl methyl sites for hydroxylation is 1. The van der Waals surface area contributed by atoms with Gasteiger partial charge in [-0.1, -0.05) is 19.1 Å². The molecule has 0 bridgehead atoms. The quantitative estimate of drug-likeness (QED) is 0.762. The lowest BCUT2D eigenvalue weighted by Crippen LogP contribution is -2.21. The average Bonchev–Trinajstić information content (AvgIpc) is 3.04. The number of carboxylic acids is 1. The largest absolute Gasteiger partial charge is 0.478 e. The Morgan fingerprint density at radius 3 is 2.40 bits per heavy atom. The van der Waals surface area contributed by atoms with Crippen LogP contribution in [0.4, 0.5) is 0 Å². The molecule has 0 saturated heterocycles. The van der Waals surface area contributed by atoms with Crippen molar-refractivity contribution in [2.24, 2.45) is 0 Å². The van der Waals surface area contributed by atoms with Gasteiger partial charge in [0.15, 0.2) is 0 Å². The van der Waals surface area contributed by atoms with E-state index in [1.807, 2.05) is 6.92 Å². The Morgan fingerprint density at radius 1 is 1.16 bits per heavy atom. The molecule has 0 atom stereocenters. The van der Waals surface area contributed by atoms with Crippen molar-refractivity contribution in [3.05, 3.63) is 47.4 Å². The van der Waals surface area contributed by atoms with Crippen LogP contribution in [0.2, 0.25) is 0 Å². The average molecular weight is 338 g/mol. The van der Waals surface area contributed by atoms with Crippen molar-refractivity contribution in [3.63, 3.8) is 0 Å². The number of benzene rings is 1. The van der Waals surface area contributed by atoms with Gasteiger partial charge in [-0.05, 0) is 12.1 Å². The molecule has 7 nitrogen and oxygen atoms in total. The Morgan fingerprint density at radius 2 is 1.84 bits per heavy atom. The first-order valence-corrected chi connectivity index (χ1v) is 7.85. The molecule has 0 aliphatic rings. The lowest BCUT2D eigenvalue weighted by Gasteiger charge is -2.11. The fraction of sp³-hybridized carbons (Fsp3) is 0.222. The number of amides is 1. The molecule has 0 unspecified atom stereocenters. The molecule has 3 aromatic rings. The number of nitrogens with zero attached hydrogens (tertiary/aromatic N) is 3. The molecule has 0 aliphatic heterocycles. The molecule has 25 heavy (non-hydrogen) atoms. The molecule has 2 aromatic heterocycles. The summed E-state index contributed by atoms with van der Waals surface area (Å²) in [6.45, 7) is 1.94. The molecule has 0 spiro atoms. The highest BCUT2D eigenvalue weighted by Crippen LogP contribution is 2.29. The van der Waals surface area contributed by atoms with Crippen molar-refractivity contribution < 1.29 is 14.7 Å². The first kappa shape index (κ1) is 16.6. The number of fused-ring (bicyclic) bond motifs is 1. The van der Waals surface area contributed by atoms with Gasteiger partial charge in [0, 0.05) is 37.8 Å². The first-order chi connectivity index (χ1) is 11.9. The van der Waals surface area contributed by atoms with Gasteiger partial charge in [-0.25, -0.2) is 14.8 Å². The van der Waals surface area contributed by atoms with Crippen molar-refractivity contribution in [1.82, 2.24) is 19.9 Å². The summed E-state index contributed by atoms with van der Waals surface area (Å²) in [5.41, 5.74) is 2.46. The zero-order chi connectivity index (χ0) is 18.1. The highest BCUT2D eigenvalue weighted by Gasteiger charge is 2.19. The third-order valence-electron chi connectivity index (χ3n) is 3.94. The lowest BCUT2D eigenvalue weighted by molar-refractivity contribution is 0.0698. The number of carboxylic acid groups (broad SMARTS) is 1. The fourth-order valence-corrected chi connectivity index (χ4v) is 2.64. The van der Waals surface area contributed by atoms with Crippen LogP contribution in [0.5, 0.6) is 0 Å². The van der Waals surface area contributed by atoms with Gasteiger partial charge in [-0.3, -0.25) is 4.79 Å². The molecule has 0 fully saturated rings. The molecule has 3 rings (SSSR count). The molecular weight excluding hydrogens is 320 g/mol. The van der Waals surface area contributed by atoms with Gasteiger partial charge in [0.25, 0.3) is 5.91 Å². The Balaban J connectivity index is 2.18. The van der Waals surface area contributed by atoms with E-state index in [2.05, 4.69) is 15.0 Å². The number of aromatic amines is 1. The van der Waals surface area contributed by atoms with E-state index in [-0.39, 0.29) is 11.5 Å². The second kappa shape index (κ2) is 6.35. The SMILES string of the molecule is CCc1nc(-c2ccc(C(=O)N(C)C)cc2)c2c(C(=O)O)c[nH]c2n1. The van der Waals surface area contributed by atoms with Gasteiger partial charge in [-0.2, -0.15) is 0 Å². The smallest absolute Gasteiger partial charge is 0.338 e. The summed E-state index contributed by atoms with van der Waals surface area (Å²) in [6.07, 6.45) is 2.05. The van der Waals surface area contributed by atoms with Crippen LogP contribution in [0.1, 0.15) is 33.5 Å². The summed E-state index contributed by atoms with van der Waals surface area (Å²) >= 11 is 0. The summed E-state index contributed by atoms with van der Waals surface area (Å²) < 4.78 is 0. The number of H-pyrrole nitrogens is 1. The minimum absolute atomic E-state index is 0.0958. The second-order valence-electron chi connectivity index (χ2n) is 5.85. The number of carbonyl (C=O) groups excluding carboxylic acids is 1. The molecule has 0 aliphatic carbocycles. The molecule has 0 radical (unpaired) electrons. The third-order valence-corrected chi connectivity index (χ3v) is 3.94. The fourth-order valence-electron chi connectivity index (χ4n) is 2.64. The number of hydrogen-bond donors (Lipinski definition) is 2. The molecule has 2 N–H and O–H groups in total. The van der Waals surface area contributed by atoms with Crippen LogP contribution < -0.4 is 0 Å². The van der Waals surface area contributed by atoms with Crippen molar-refractivity contribution >= 4 is 22.9 Å². The number of aromatic carboxylic acids is 1. The van der Waals surface area contributed by atoms with Crippen LogP contribution in [0.15, 0.2) is 30.5 Å². The molecule has 2 heterocycles. The third kappa shape index (κ3) is 2.96. The molecular formula is C18H18N4O3. The maximum atomic E-state index is 12.0. The Bertz CT molecular complexity index is 958. The van der Waals surface area contributed by atoms with Gasteiger partial charge in [-0.15, -0.1) is 0 Å². The van der Waals surface area contributed by atoms with Crippen molar-refractivity contribution in [1.29, 1.82) is 0 Å². The van der Waals surface area contributed by atoms with E-state index in [0.717, 1.165) is 5.56 Å². The van der Waals surface area contributed by atoms with E-state index in [1.54, 1.807) is 38.4 Å². The minimum Gasteiger partial charge on any atom is -0.478 e. The maximum absolute atomic E-state index is 12.0. The number of nitrogens with one attached hydrogen (secondary N) is 1. The van der Waals surface area contributed by atoms with E-state index in [0.29, 0.717) is 34.5 Å². The van der Waals surface area contributed by atoms with E-state index in [1.165, 1.54) is 11.1 Å². The van der Waals surface area contributed by atoms with Crippen molar-refractivity contribution in [2.45, 2.75) is 13.3 Å². The number of rotatable bonds is 4. The molecule has 1 aromatic carbocycles. The summed E-state index contributed by atoms with van der Waals surface area (Å²) in [5.74, 6) is -0.518. The lowest BCUT2D eigenvalue weighted by atomic mass is 10.0. The van der Waals surface area contributed by atoms with E-state index in [4.69, 9.17) is 0 Å². The highest BCUT2D eigenvalue weighted by atomic mass is 16.4. The summed E-state index contributed by atoms with van der Waals surface area (Å²) in [7, 11) is 3.38. The predicted molar refractivity (Wildman–Crippen MR) is 93.7 cm³/mol. The van der Waals surface area contributed by atoms with Gasteiger partial charge in [0.1, 0.15) is 11.5 Å². The topological polar surface area (TPSA) is 99.2 Å². The van der Waals surface area contributed by atoms with E-state index < -0.39 is 5.97 Å². The molecule has 128 valence electrons. The van der Waals surface area contributed by atoms with Crippen LogP contribution in [0.25, 0.3) is 22.3 Å². The van der Waals surface area contributed by atoms with Crippen molar-refractivity contribution in [2.75, 3.05) is 14.1 Å². The number of hydrogen-bond acceptors (Lipinski definition) is 4. The van der Waals surface area contributed by atoms with Crippen LogP contribution in [0, 0.1) is 0 Å². The minimum atomic E-state index is -1.04. The van der Waals surface area contributed by atoms with Crippen LogP contribution in [0.3, 0.4) is 0 Å². The van der Waals surface area contributed by atoms with E-state index in [9.17, 15) is 14.7 Å². The van der Waals surface area contributed by atoms with Gasteiger partial charge in [0.2, 0.25) is 0 Å². The summed E-state index contributed by atoms with van der Waals surface area (Å²) in [5, 5.41) is 9.89. The van der Waals surface area contributed by atoms with Gasteiger partial charge in [0.05, 0.1) is 16.6 Å². The van der Waals surface area contributed by atoms with Crippen LogP contribution in [-0.4, -0.2) is 50.9 Å². The monoisotopic (exact) mass is 338 g/mol. The highest BCUT2D eigenvalue weighted by molar-refractivity contribution is 6.07. The standard InChI is InChI=1S/C18H18N4O3/c1-4-13-20-15(14-12(18(24)25)9-19-16(14)21-13)10-5-7-11(8-6-10)17(23)22(2)3/h5-9H,4H2,1-3H3,(H,24,25)(H,19,20,21). The van der Waals surface area contributed by atoms with Crippen molar-refractivity contribution in [3.8, 4) is 11.3 Å². The van der Waals surface area contributed by atoms with Crippen LogP contribution >= 0.6 is 0 Å². The number of carbonyl (C=O) groups is 2. The summed E-state index contributed by atoms with van der Waals surface area (Å²) in [4.78, 5) is 36.8. The maximum Gasteiger partial charge on any atom is 0.338 e. The predicted octanol–water partition coefficient (Wildman–Crippen LogP) is 2.59. The van der Waals surface area contributed by atoms with Crippen LogP contribution in [-0.2, 0) is 6.42 Å². The second-order valence-corrected chi connectivity index (χ2v) is 5.85. The first-order valence-electron chi connectivity index (χ1n) is 7.85. The normalized spacial score (nSPS) is 10.8. The molecule has 7 heteroatoms. The zero-order valence-corrected chi connectivity index (χ0v) is 14.2. The van der Waals surface area contributed by atoms with Gasteiger partial charge < -0.3 is 15.0 Å². The molecule has 1 amide bonds. The van der Waals surface area contributed by atoms with Gasteiger partial charge >= 0.3 is 5.97 Å². The zero-order valence-electron chi connectivity index (χ0n) is 14.2. The Kier molecular flexibility index (Phi) is 4.22. The summed E-state index contributed by atoms with van der Waals surface area (Å²) in [6, 6.07) is 6.97. The van der Waals surface area contributed by atoms with E-state index >= 15 is 0 Å². The number of aromatic nitrogens is 3.